The maximum atomic E-state index is 18.3. The van der Waals surface area contributed by atoms with E-state index >= 15 is 13.2 Å². The average molecular weight is 944 g/mol. The Hall–Kier alpha value is -4.65. The monoisotopic (exact) mass is 943 g/mol. The van der Waals surface area contributed by atoms with E-state index in [0.29, 0.717) is 43.6 Å². The van der Waals surface area contributed by atoms with Crippen LogP contribution < -0.4 is 14.4 Å². The molecule has 5 atom stereocenters. The molecular weight excluding hydrogens is 879 g/mol. The van der Waals surface area contributed by atoms with Crippen molar-refractivity contribution in [1.29, 1.82) is 0 Å². The molecule has 6 heterocycles. The number of anilines is 1. The van der Waals surface area contributed by atoms with Gasteiger partial charge in [0.1, 0.15) is 55.2 Å². The highest BCUT2D eigenvalue weighted by atomic mass is 28.3. The lowest BCUT2D eigenvalue weighted by atomic mass is 9.90. The fourth-order valence-electron chi connectivity index (χ4n) is 12.8. The van der Waals surface area contributed by atoms with Crippen molar-refractivity contribution in [3.05, 3.63) is 52.8 Å². The number of ether oxygens (including phenoxy) is 4. The maximum absolute atomic E-state index is 18.3. The SMILES string of the molecule is COCOc1cc(-c2c(F)c3c4c(nc(OC[C@@]56CCCN5C[C@H](F)C6)nc4c2F)N2C[C@H]4CC[C@@H]([C@H]2CC3)N4C(=O)OC(C)(C)C)c2c(C#C[Si](C(C)C)(C(C)C)C(C)C)c(F)ccc2c1. The summed E-state index contributed by atoms with van der Waals surface area (Å²) in [6.07, 6.45) is 2.57. The van der Waals surface area contributed by atoms with Crippen molar-refractivity contribution < 1.29 is 41.3 Å². The zero-order chi connectivity index (χ0) is 47.9. The van der Waals surface area contributed by atoms with Gasteiger partial charge in [0.05, 0.1) is 40.2 Å². The Morgan fingerprint density at radius 2 is 1.69 bits per heavy atom. The van der Waals surface area contributed by atoms with E-state index in [9.17, 15) is 9.18 Å². The molecule has 0 spiro atoms. The normalized spacial score (nSPS) is 23.8. The fourth-order valence-corrected chi connectivity index (χ4v) is 18.0. The minimum absolute atomic E-state index is 0.0558. The second kappa shape index (κ2) is 17.7. The Bertz CT molecular complexity index is 2640. The van der Waals surface area contributed by atoms with Crippen molar-refractivity contribution >= 4 is 41.7 Å². The molecule has 3 aromatic carbocycles. The summed E-state index contributed by atoms with van der Waals surface area (Å²) in [5, 5.41) is 0.967. The van der Waals surface area contributed by atoms with Gasteiger partial charge in [-0.1, -0.05) is 53.5 Å². The van der Waals surface area contributed by atoms with Crippen LogP contribution in [0.2, 0.25) is 16.6 Å². The first-order valence-corrected chi connectivity index (χ1v) is 26.4. The highest BCUT2D eigenvalue weighted by Crippen LogP contribution is 2.49. The van der Waals surface area contributed by atoms with E-state index in [1.54, 1.807) is 12.1 Å². The lowest BCUT2D eigenvalue weighted by Gasteiger charge is -2.47. The van der Waals surface area contributed by atoms with E-state index in [0.717, 1.165) is 25.8 Å². The van der Waals surface area contributed by atoms with Gasteiger partial charge in [-0.05, 0) is 106 Å². The van der Waals surface area contributed by atoms with Gasteiger partial charge in [0.25, 0.3) is 0 Å². The van der Waals surface area contributed by atoms with Crippen LogP contribution in [-0.2, 0) is 15.9 Å². The Labute approximate surface area is 393 Å². The van der Waals surface area contributed by atoms with Crippen LogP contribution in [0.4, 0.5) is 28.2 Å². The summed E-state index contributed by atoms with van der Waals surface area (Å²) in [6, 6.07) is 5.22. The summed E-state index contributed by atoms with van der Waals surface area (Å²) in [7, 11) is -0.936. The van der Waals surface area contributed by atoms with Crippen molar-refractivity contribution in [2.45, 2.75) is 159 Å². The van der Waals surface area contributed by atoms with Crippen molar-refractivity contribution in [2.75, 3.05) is 45.0 Å². The number of hydrogen-bond donors (Lipinski definition) is 0. The molecule has 10 nitrogen and oxygen atoms in total. The second-order valence-electron chi connectivity index (χ2n) is 21.5. The van der Waals surface area contributed by atoms with Crippen LogP contribution in [0.15, 0.2) is 24.3 Å². The van der Waals surface area contributed by atoms with E-state index in [1.807, 2.05) is 25.7 Å². The third-order valence-corrected chi connectivity index (χ3v) is 21.9. The number of fused-ring (bicyclic) bond motifs is 7. The third kappa shape index (κ3) is 8.10. The Morgan fingerprint density at radius 1 is 0.940 bits per heavy atom. The topological polar surface area (TPSA) is 89.5 Å². The molecule has 5 aliphatic heterocycles. The van der Waals surface area contributed by atoms with Crippen LogP contribution >= 0.6 is 0 Å². The number of amides is 1. The lowest BCUT2D eigenvalue weighted by Crippen LogP contribution is -2.62. The predicted molar refractivity (Wildman–Crippen MR) is 256 cm³/mol. The molecule has 4 saturated heterocycles. The van der Waals surface area contributed by atoms with Gasteiger partial charge < -0.3 is 23.8 Å². The van der Waals surface area contributed by atoms with Gasteiger partial charge in [0, 0.05) is 43.1 Å². The Morgan fingerprint density at radius 3 is 2.39 bits per heavy atom. The van der Waals surface area contributed by atoms with Gasteiger partial charge in [0.15, 0.2) is 12.6 Å². The van der Waals surface area contributed by atoms with E-state index in [4.69, 9.17) is 28.9 Å². The number of aryl methyl sites for hydroxylation is 1. The van der Waals surface area contributed by atoms with Crippen LogP contribution in [0.5, 0.6) is 11.8 Å². The highest BCUT2D eigenvalue weighted by Gasteiger charge is 2.52. The van der Waals surface area contributed by atoms with E-state index < -0.39 is 54.5 Å². The fraction of sp³-hybridized carbons (Fsp3) is 0.596. The minimum atomic E-state index is -2.41. The van der Waals surface area contributed by atoms with Crippen molar-refractivity contribution in [2.24, 2.45) is 0 Å². The molecule has 0 radical (unpaired) electrons. The molecule has 9 rings (SSSR count). The van der Waals surface area contributed by atoms with Gasteiger partial charge in [-0.3, -0.25) is 9.80 Å². The molecule has 4 aromatic rings. The highest BCUT2D eigenvalue weighted by molar-refractivity contribution is 6.90. The van der Waals surface area contributed by atoms with Crippen LogP contribution in [0.1, 0.15) is 112 Å². The molecule has 0 saturated carbocycles. The summed E-state index contributed by atoms with van der Waals surface area (Å²) in [5.74, 6) is 1.51. The average Bonchev–Trinajstić information content (AvgIpc) is 3.86. The number of rotatable bonds is 10. The first-order chi connectivity index (χ1) is 31.8. The van der Waals surface area contributed by atoms with Crippen molar-refractivity contribution in [3.8, 4) is 34.4 Å². The van der Waals surface area contributed by atoms with Gasteiger partial charge >= 0.3 is 12.1 Å². The van der Waals surface area contributed by atoms with Gasteiger partial charge in [-0.15, -0.1) is 5.54 Å². The number of halogens is 4. The molecule has 0 aliphatic carbocycles. The molecular formula is C52H65F4N5O5Si. The molecule has 0 unspecified atom stereocenters. The second-order valence-corrected chi connectivity index (χ2v) is 27.1. The third-order valence-electron chi connectivity index (χ3n) is 15.6. The van der Waals surface area contributed by atoms with Gasteiger partial charge in [0.2, 0.25) is 0 Å². The number of hydrogen-bond acceptors (Lipinski definition) is 9. The summed E-state index contributed by atoms with van der Waals surface area (Å²) in [4.78, 5) is 29.7. The number of piperazine rings is 1. The van der Waals surface area contributed by atoms with Crippen LogP contribution in [0, 0.1) is 28.9 Å². The summed E-state index contributed by atoms with van der Waals surface area (Å²) >= 11 is 0. The molecule has 4 fully saturated rings. The molecule has 15 heteroatoms. The van der Waals surface area contributed by atoms with Crippen LogP contribution in [0.25, 0.3) is 32.8 Å². The molecule has 2 bridgehead atoms. The number of carbonyl (C=O) groups excluding carboxylic acids is 1. The van der Waals surface area contributed by atoms with Gasteiger partial charge in [-0.25, -0.2) is 22.4 Å². The van der Waals surface area contributed by atoms with E-state index in [-0.39, 0.29) is 99.3 Å². The smallest absolute Gasteiger partial charge is 0.410 e. The number of benzene rings is 3. The number of alkyl halides is 1. The molecule has 67 heavy (non-hydrogen) atoms. The minimum Gasteiger partial charge on any atom is -0.468 e. The number of carbonyl (C=O) groups is 1. The van der Waals surface area contributed by atoms with Crippen molar-refractivity contribution in [3.63, 3.8) is 0 Å². The number of aromatic nitrogens is 2. The predicted octanol–water partition coefficient (Wildman–Crippen LogP) is 11.3. The standard InChI is InChI=1S/C52H65F4N5O5Si/c1-29(2)67(30(3)4,31(5)6)21-18-36-39(54)15-12-32-22-35(65-28-63-10)23-38(42(32)36)43-45(55)37-14-17-40-41-16-13-34(61(41)50(62)66-51(7,8)9)26-60(40)48-44(37)47(46(43)56)57-49(58-48)64-27-52-19-11-20-59(52)25-33(53)24-52/h12,15,22-23,29-31,33-34,40-41H,11,13-14,16-17,19-20,24-28H2,1-10H3/t33-,34-,40-,41+,52+/m1/s1. The summed E-state index contributed by atoms with van der Waals surface area (Å²) in [5.41, 5.74) is 2.93. The number of nitrogens with zero attached hydrogens (tertiary/aromatic N) is 5. The molecule has 1 aromatic heterocycles. The van der Waals surface area contributed by atoms with E-state index in [2.05, 4.69) is 62.8 Å². The van der Waals surface area contributed by atoms with Gasteiger partial charge in [-0.2, -0.15) is 9.97 Å². The maximum Gasteiger partial charge on any atom is 0.410 e. The quantitative estimate of drug-likeness (QED) is 0.0667. The van der Waals surface area contributed by atoms with Crippen LogP contribution in [0.3, 0.4) is 0 Å². The largest absolute Gasteiger partial charge is 0.468 e. The Kier molecular flexibility index (Phi) is 12.5. The summed E-state index contributed by atoms with van der Waals surface area (Å²) < 4.78 is 91.6. The Balaban J connectivity index is 1.27. The van der Waals surface area contributed by atoms with E-state index in [1.165, 1.54) is 19.2 Å². The summed E-state index contributed by atoms with van der Waals surface area (Å²) in [6.45, 7) is 20.0. The first kappa shape index (κ1) is 47.4. The molecule has 360 valence electrons. The first-order valence-electron chi connectivity index (χ1n) is 24.2. The molecule has 5 aliphatic rings. The zero-order valence-corrected chi connectivity index (χ0v) is 41.6. The lowest BCUT2D eigenvalue weighted by molar-refractivity contribution is 0.00719. The number of methoxy groups -OCH3 is 1. The zero-order valence-electron chi connectivity index (χ0n) is 40.6. The van der Waals surface area contributed by atoms with Crippen LogP contribution in [-0.4, -0.2) is 110 Å². The molecule has 0 N–H and O–H groups in total. The van der Waals surface area contributed by atoms with Crippen molar-refractivity contribution in [1.82, 2.24) is 19.8 Å². The molecule has 1 amide bonds.